The van der Waals surface area contributed by atoms with Gasteiger partial charge in [0.15, 0.2) is 0 Å². The molecule has 0 spiro atoms. The minimum atomic E-state index is -1.16. The molecule has 30 heavy (non-hydrogen) atoms. The molecule has 0 heterocycles. The van der Waals surface area contributed by atoms with Crippen LogP contribution in [0.15, 0.2) is 24.3 Å². The third kappa shape index (κ3) is 9.62. The normalized spacial score (nSPS) is 10.9. The molecule has 8 heteroatoms. The predicted molar refractivity (Wildman–Crippen MR) is 112 cm³/mol. The Balaban J connectivity index is 2.42. The van der Waals surface area contributed by atoms with Crippen LogP contribution in [0.3, 0.4) is 0 Å². The molecule has 0 saturated heterocycles. The van der Waals surface area contributed by atoms with Crippen LogP contribution in [0.5, 0.6) is 5.75 Å². The molecule has 0 fully saturated rings. The topological polar surface area (TPSA) is 102 Å². The van der Waals surface area contributed by atoms with Crippen molar-refractivity contribution in [3.63, 3.8) is 0 Å². The van der Waals surface area contributed by atoms with Gasteiger partial charge in [-0.1, -0.05) is 32.6 Å². The van der Waals surface area contributed by atoms with E-state index < -0.39 is 36.9 Å². The standard InChI is InChI=1S/C22H33NO7/c1-5-6-7-8-9-14-28-18-12-10-17(11-13-18)20(26)29-16-30-21(27)23(15-19(24)25)22(2,3)4/h10-13H,5-9,14-16H2,1-4H3,(H,24,25). The molecule has 0 aliphatic heterocycles. The Kier molecular flexibility index (Phi) is 10.7. The van der Waals surface area contributed by atoms with Gasteiger partial charge in [-0.25, -0.2) is 9.59 Å². The van der Waals surface area contributed by atoms with Gasteiger partial charge in [-0.15, -0.1) is 0 Å². The van der Waals surface area contributed by atoms with Crippen molar-refractivity contribution in [2.45, 2.75) is 65.3 Å². The lowest BCUT2D eigenvalue weighted by Crippen LogP contribution is -2.48. The van der Waals surface area contributed by atoms with Crippen LogP contribution >= 0.6 is 0 Å². The Morgan fingerprint density at radius 2 is 1.60 bits per heavy atom. The maximum atomic E-state index is 12.1. The van der Waals surface area contributed by atoms with Crippen LogP contribution in [0, 0.1) is 0 Å². The van der Waals surface area contributed by atoms with Crippen LogP contribution in [-0.2, 0) is 14.3 Å². The van der Waals surface area contributed by atoms with Gasteiger partial charge in [-0.3, -0.25) is 9.69 Å². The monoisotopic (exact) mass is 423 g/mol. The first kappa shape index (κ1) is 25.3. The number of carboxylic acids is 1. The molecule has 0 unspecified atom stereocenters. The largest absolute Gasteiger partial charge is 0.494 e. The summed E-state index contributed by atoms with van der Waals surface area (Å²) in [6.45, 7) is 6.71. The van der Waals surface area contributed by atoms with E-state index in [0.29, 0.717) is 17.9 Å². The number of hydrogen-bond acceptors (Lipinski definition) is 6. The molecule has 0 atom stereocenters. The van der Waals surface area contributed by atoms with Gasteiger partial charge in [0.1, 0.15) is 12.3 Å². The van der Waals surface area contributed by atoms with Gasteiger partial charge in [0, 0.05) is 5.54 Å². The van der Waals surface area contributed by atoms with Crippen LogP contribution < -0.4 is 4.74 Å². The third-order valence-corrected chi connectivity index (χ3v) is 4.30. The summed E-state index contributed by atoms with van der Waals surface area (Å²) < 4.78 is 15.5. The second kappa shape index (κ2) is 12.7. The molecular formula is C22H33NO7. The fourth-order valence-electron chi connectivity index (χ4n) is 2.59. The average molecular weight is 424 g/mol. The second-order valence-electron chi connectivity index (χ2n) is 7.90. The van der Waals surface area contributed by atoms with Gasteiger partial charge in [0.05, 0.1) is 12.2 Å². The fraction of sp³-hybridized carbons (Fsp3) is 0.591. The molecule has 1 N–H and O–H groups in total. The number of hydrogen-bond donors (Lipinski definition) is 1. The van der Waals surface area contributed by atoms with E-state index in [1.807, 2.05) is 0 Å². The minimum Gasteiger partial charge on any atom is -0.494 e. The van der Waals surface area contributed by atoms with Crippen molar-refractivity contribution < 1.29 is 33.7 Å². The molecule has 0 aromatic heterocycles. The number of rotatable bonds is 12. The molecule has 0 bridgehead atoms. The van der Waals surface area contributed by atoms with E-state index in [2.05, 4.69) is 6.92 Å². The lowest BCUT2D eigenvalue weighted by atomic mass is 10.1. The summed E-state index contributed by atoms with van der Waals surface area (Å²) in [5, 5.41) is 8.94. The maximum Gasteiger partial charge on any atom is 0.413 e. The summed E-state index contributed by atoms with van der Waals surface area (Å²) in [6, 6.07) is 6.51. The van der Waals surface area contributed by atoms with E-state index in [9.17, 15) is 14.4 Å². The zero-order valence-electron chi connectivity index (χ0n) is 18.3. The number of nitrogens with zero attached hydrogens (tertiary/aromatic N) is 1. The van der Waals surface area contributed by atoms with Crippen molar-refractivity contribution in [3.8, 4) is 5.75 Å². The Hall–Kier alpha value is -2.77. The van der Waals surface area contributed by atoms with Gasteiger partial charge in [-0.2, -0.15) is 0 Å². The van der Waals surface area contributed by atoms with Gasteiger partial charge >= 0.3 is 18.0 Å². The van der Waals surface area contributed by atoms with E-state index >= 15 is 0 Å². The maximum absolute atomic E-state index is 12.1. The number of aliphatic carboxylic acids is 1. The summed E-state index contributed by atoms with van der Waals surface area (Å²) in [6.07, 6.45) is 4.90. The van der Waals surface area contributed by atoms with Crippen molar-refractivity contribution in [1.29, 1.82) is 0 Å². The van der Waals surface area contributed by atoms with Crippen molar-refractivity contribution >= 4 is 18.0 Å². The highest BCUT2D eigenvalue weighted by molar-refractivity contribution is 5.89. The Bertz CT molecular complexity index is 680. The lowest BCUT2D eigenvalue weighted by molar-refractivity contribution is -0.139. The van der Waals surface area contributed by atoms with Crippen molar-refractivity contribution in [3.05, 3.63) is 29.8 Å². The fourth-order valence-corrected chi connectivity index (χ4v) is 2.59. The van der Waals surface area contributed by atoms with Crippen LogP contribution in [-0.4, -0.2) is 53.5 Å². The van der Waals surface area contributed by atoms with Gasteiger partial charge in [0.25, 0.3) is 0 Å². The predicted octanol–water partition coefficient (Wildman–Crippen LogP) is 4.47. The second-order valence-corrected chi connectivity index (χ2v) is 7.90. The van der Waals surface area contributed by atoms with Crippen LogP contribution in [0.25, 0.3) is 0 Å². The van der Waals surface area contributed by atoms with E-state index in [1.54, 1.807) is 45.0 Å². The molecule has 1 aromatic carbocycles. The molecule has 1 rings (SSSR count). The molecule has 0 aliphatic rings. The van der Waals surface area contributed by atoms with Crippen molar-refractivity contribution in [2.75, 3.05) is 19.9 Å². The lowest BCUT2D eigenvalue weighted by Gasteiger charge is -2.33. The molecule has 0 radical (unpaired) electrons. The highest BCUT2D eigenvalue weighted by Gasteiger charge is 2.30. The van der Waals surface area contributed by atoms with E-state index in [4.69, 9.17) is 19.3 Å². The van der Waals surface area contributed by atoms with E-state index in [0.717, 1.165) is 17.7 Å². The van der Waals surface area contributed by atoms with E-state index in [1.165, 1.54) is 19.3 Å². The summed E-state index contributed by atoms with van der Waals surface area (Å²) >= 11 is 0. The average Bonchev–Trinajstić information content (AvgIpc) is 2.68. The summed E-state index contributed by atoms with van der Waals surface area (Å²) in [4.78, 5) is 36.2. The molecular weight excluding hydrogens is 390 g/mol. The smallest absolute Gasteiger partial charge is 0.413 e. The molecule has 0 aliphatic carbocycles. The SMILES string of the molecule is CCCCCCCOc1ccc(C(=O)OCOC(=O)N(CC(=O)O)C(C)(C)C)cc1. The number of amides is 1. The highest BCUT2D eigenvalue weighted by Crippen LogP contribution is 2.16. The Morgan fingerprint density at radius 1 is 0.967 bits per heavy atom. The number of esters is 1. The zero-order chi connectivity index (χ0) is 22.6. The van der Waals surface area contributed by atoms with Crippen molar-refractivity contribution in [2.24, 2.45) is 0 Å². The third-order valence-electron chi connectivity index (χ3n) is 4.30. The van der Waals surface area contributed by atoms with Gasteiger partial charge in [0.2, 0.25) is 6.79 Å². The highest BCUT2D eigenvalue weighted by atomic mass is 16.7. The van der Waals surface area contributed by atoms with Gasteiger partial charge in [-0.05, 0) is 51.5 Å². The zero-order valence-corrected chi connectivity index (χ0v) is 18.3. The van der Waals surface area contributed by atoms with Crippen LogP contribution in [0.1, 0.15) is 70.2 Å². The first-order valence-electron chi connectivity index (χ1n) is 10.2. The Labute approximate surface area is 178 Å². The summed E-state index contributed by atoms with van der Waals surface area (Å²) in [5.41, 5.74) is -0.467. The Morgan fingerprint density at radius 3 is 2.17 bits per heavy atom. The molecule has 1 amide bonds. The summed E-state index contributed by atoms with van der Waals surface area (Å²) in [5.74, 6) is -1.15. The van der Waals surface area contributed by atoms with Crippen molar-refractivity contribution in [1.82, 2.24) is 4.90 Å². The number of benzene rings is 1. The first-order chi connectivity index (χ1) is 14.1. The van der Waals surface area contributed by atoms with Crippen LogP contribution in [0.4, 0.5) is 4.79 Å². The number of carbonyl (C=O) groups excluding carboxylic acids is 2. The molecule has 8 nitrogen and oxygen atoms in total. The quantitative estimate of drug-likeness (QED) is 0.300. The molecule has 168 valence electrons. The number of carboxylic acid groups (broad SMARTS) is 1. The van der Waals surface area contributed by atoms with Gasteiger partial charge < -0.3 is 19.3 Å². The van der Waals surface area contributed by atoms with E-state index in [-0.39, 0.29) is 0 Å². The molecule has 0 saturated carbocycles. The number of ether oxygens (including phenoxy) is 3. The first-order valence-corrected chi connectivity index (χ1v) is 10.2. The number of unbranched alkanes of at least 4 members (excludes halogenated alkanes) is 4. The minimum absolute atomic E-state index is 0.291. The van der Waals surface area contributed by atoms with Crippen LogP contribution in [0.2, 0.25) is 0 Å². The molecule has 1 aromatic rings. The number of carbonyl (C=O) groups is 3. The summed E-state index contributed by atoms with van der Waals surface area (Å²) in [7, 11) is 0.